The van der Waals surface area contributed by atoms with E-state index in [-0.39, 0.29) is 12.0 Å². The van der Waals surface area contributed by atoms with Crippen molar-refractivity contribution in [2.45, 2.75) is 19.8 Å². The largest absolute Gasteiger partial charge is 0.463 e. The van der Waals surface area contributed by atoms with Crippen molar-refractivity contribution in [2.24, 2.45) is 0 Å². The van der Waals surface area contributed by atoms with Crippen LogP contribution in [0, 0.1) is 0 Å². The molecule has 0 radical (unpaired) electrons. The van der Waals surface area contributed by atoms with Crippen LogP contribution < -0.4 is 10.5 Å². The van der Waals surface area contributed by atoms with Gasteiger partial charge in [-0.05, 0) is 24.1 Å². The van der Waals surface area contributed by atoms with Gasteiger partial charge in [-0.1, -0.05) is 6.92 Å². The van der Waals surface area contributed by atoms with E-state index < -0.39 is 0 Å². The van der Waals surface area contributed by atoms with Crippen LogP contribution >= 0.6 is 0 Å². The molecule has 0 amide bonds. The molecule has 6 heteroatoms. The van der Waals surface area contributed by atoms with E-state index >= 15 is 0 Å². The maximum Gasteiger partial charge on any atom is 0.321 e. The van der Waals surface area contributed by atoms with Gasteiger partial charge in [0.05, 0.1) is 6.61 Å². The lowest BCUT2D eigenvalue weighted by Crippen LogP contribution is -2.08. The molecule has 0 bridgehead atoms. The molecule has 2 aromatic heterocycles. The van der Waals surface area contributed by atoms with Crippen molar-refractivity contribution in [3.05, 3.63) is 35.9 Å². The topological polar surface area (TPSA) is 86.8 Å². The van der Waals surface area contributed by atoms with Crippen molar-refractivity contribution in [1.29, 1.82) is 0 Å². The third kappa shape index (κ3) is 3.38. The van der Waals surface area contributed by atoms with Crippen molar-refractivity contribution >= 4 is 5.95 Å². The normalized spacial score (nSPS) is 10.3. The van der Waals surface area contributed by atoms with Crippen LogP contribution in [-0.2, 0) is 6.42 Å². The Labute approximate surface area is 105 Å². The predicted molar refractivity (Wildman–Crippen MR) is 67.1 cm³/mol. The number of hydrogen-bond acceptors (Lipinski definition) is 6. The first-order chi connectivity index (χ1) is 8.78. The second-order valence-corrected chi connectivity index (χ2v) is 3.77. The predicted octanol–water partition coefficient (Wildman–Crippen LogP) is 1.23. The molecule has 0 aliphatic carbocycles. The molecule has 0 aliphatic rings. The quantitative estimate of drug-likeness (QED) is 0.852. The van der Waals surface area contributed by atoms with E-state index in [1.807, 2.05) is 19.1 Å². The lowest BCUT2D eigenvalue weighted by Gasteiger charge is -2.05. The molecule has 2 heterocycles. The first-order valence-electron chi connectivity index (χ1n) is 5.80. The van der Waals surface area contributed by atoms with Gasteiger partial charge in [0.25, 0.3) is 0 Å². The monoisotopic (exact) mass is 245 g/mol. The molecular weight excluding hydrogens is 230 g/mol. The van der Waals surface area contributed by atoms with Crippen LogP contribution in [0.25, 0.3) is 0 Å². The first-order valence-corrected chi connectivity index (χ1v) is 5.80. The van der Waals surface area contributed by atoms with Gasteiger partial charge in [-0.3, -0.25) is 4.98 Å². The fourth-order valence-corrected chi connectivity index (χ4v) is 1.44. The lowest BCUT2D eigenvalue weighted by atomic mass is 10.2. The summed E-state index contributed by atoms with van der Waals surface area (Å²) in [5, 5.41) is 0. The smallest absolute Gasteiger partial charge is 0.321 e. The minimum absolute atomic E-state index is 0.181. The average molecular weight is 245 g/mol. The van der Waals surface area contributed by atoms with Gasteiger partial charge in [0.15, 0.2) is 0 Å². The summed E-state index contributed by atoms with van der Waals surface area (Å²) in [5.41, 5.74) is 6.70. The maximum atomic E-state index is 5.63. The van der Waals surface area contributed by atoms with Gasteiger partial charge in [-0.15, -0.1) is 0 Å². The van der Waals surface area contributed by atoms with Crippen molar-refractivity contribution in [3.63, 3.8) is 0 Å². The zero-order valence-electron chi connectivity index (χ0n) is 10.2. The van der Waals surface area contributed by atoms with E-state index in [4.69, 9.17) is 10.5 Å². The zero-order valence-corrected chi connectivity index (χ0v) is 10.2. The third-order valence-corrected chi connectivity index (χ3v) is 2.23. The number of hydrogen-bond donors (Lipinski definition) is 1. The molecule has 0 spiro atoms. The Morgan fingerprint density at radius 2 is 1.94 bits per heavy atom. The molecule has 0 fully saturated rings. The molecule has 18 heavy (non-hydrogen) atoms. The number of nitrogen functional groups attached to an aromatic ring is 1. The Morgan fingerprint density at radius 3 is 2.67 bits per heavy atom. The minimum Gasteiger partial charge on any atom is -0.463 e. The van der Waals surface area contributed by atoms with Gasteiger partial charge >= 0.3 is 6.01 Å². The Morgan fingerprint density at radius 1 is 1.17 bits per heavy atom. The Balaban J connectivity index is 2.15. The highest BCUT2D eigenvalue weighted by molar-refractivity contribution is 5.22. The van der Waals surface area contributed by atoms with Gasteiger partial charge in [0.2, 0.25) is 5.95 Å². The maximum absolute atomic E-state index is 5.63. The van der Waals surface area contributed by atoms with E-state index in [1.165, 1.54) is 0 Å². The summed E-state index contributed by atoms with van der Waals surface area (Å²) in [6.45, 7) is 2.58. The molecule has 2 rings (SSSR count). The second-order valence-electron chi connectivity index (χ2n) is 3.77. The molecule has 94 valence electrons. The van der Waals surface area contributed by atoms with E-state index in [0.29, 0.717) is 18.9 Å². The van der Waals surface area contributed by atoms with E-state index in [2.05, 4.69) is 19.9 Å². The highest BCUT2D eigenvalue weighted by Gasteiger charge is 2.06. The summed E-state index contributed by atoms with van der Waals surface area (Å²) in [5.74, 6) is 0.778. The number of nitrogens with two attached hydrogens (primary N) is 1. The Hall–Kier alpha value is -2.24. The van der Waals surface area contributed by atoms with Crippen molar-refractivity contribution in [2.75, 3.05) is 12.3 Å². The molecule has 0 saturated heterocycles. The first kappa shape index (κ1) is 12.2. The van der Waals surface area contributed by atoms with Crippen LogP contribution in [0.4, 0.5) is 5.95 Å². The number of anilines is 1. The summed E-state index contributed by atoms with van der Waals surface area (Å²) in [6, 6.07) is 4.10. The fourth-order valence-electron chi connectivity index (χ4n) is 1.44. The standard InChI is InChI=1S/C12H15N5O/c1-2-7-18-12-16-10(15-11(13)17-12)8-9-3-5-14-6-4-9/h3-6H,2,7-8H2,1H3,(H2,13,15,16,17). The SMILES string of the molecule is CCCOc1nc(N)nc(Cc2ccncc2)n1. The van der Waals surface area contributed by atoms with Crippen molar-refractivity contribution < 1.29 is 4.74 Å². The number of nitrogens with zero attached hydrogens (tertiary/aromatic N) is 4. The third-order valence-electron chi connectivity index (χ3n) is 2.23. The highest BCUT2D eigenvalue weighted by Crippen LogP contribution is 2.09. The Bertz CT molecular complexity index is 503. The van der Waals surface area contributed by atoms with Crippen molar-refractivity contribution in [1.82, 2.24) is 19.9 Å². The second kappa shape index (κ2) is 5.90. The highest BCUT2D eigenvalue weighted by atomic mass is 16.5. The van der Waals surface area contributed by atoms with E-state index in [0.717, 1.165) is 12.0 Å². The van der Waals surface area contributed by atoms with Gasteiger partial charge in [0, 0.05) is 18.8 Å². The number of pyridine rings is 1. The van der Waals surface area contributed by atoms with Crippen molar-refractivity contribution in [3.8, 4) is 6.01 Å². The molecule has 0 unspecified atom stereocenters. The summed E-state index contributed by atoms with van der Waals surface area (Å²) < 4.78 is 5.36. The fraction of sp³-hybridized carbons (Fsp3) is 0.333. The van der Waals surface area contributed by atoms with Gasteiger partial charge < -0.3 is 10.5 Å². The molecule has 0 aromatic carbocycles. The number of rotatable bonds is 5. The summed E-state index contributed by atoms with van der Waals surface area (Å²) in [6.07, 6.45) is 4.94. The molecule has 2 N–H and O–H groups in total. The van der Waals surface area contributed by atoms with Crippen LogP contribution in [0.5, 0.6) is 6.01 Å². The summed E-state index contributed by atoms with van der Waals surface area (Å²) >= 11 is 0. The molecular formula is C12H15N5O. The molecule has 0 saturated carbocycles. The minimum atomic E-state index is 0.181. The number of ether oxygens (including phenoxy) is 1. The lowest BCUT2D eigenvalue weighted by molar-refractivity contribution is 0.290. The Kier molecular flexibility index (Phi) is 4.01. The van der Waals surface area contributed by atoms with Crippen LogP contribution in [0.3, 0.4) is 0 Å². The zero-order chi connectivity index (χ0) is 12.8. The summed E-state index contributed by atoms with van der Waals surface area (Å²) in [7, 11) is 0. The van der Waals surface area contributed by atoms with Gasteiger partial charge in [-0.25, -0.2) is 0 Å². The van der Waals surface area contributed by atoms with E-state index in [9.17, 15) is 0 Å². The van der Waals surface area contributed by atoms with E-state index in [1.54, 1.807) is 12.4 Å². The average Bonchev–Trinajstić information content (AvgIpc) is 2.37. The summed E-state index contributed by atoms with van der Waals surface area (Å²) in [4.78, 5) is 16.2. The van der Waals surface area contributed by atoms with Crippen LogP contribution in [0.1, 0.15) is 24.7 Å². The van der Waals surface area contributed by atoms with Crippen LogP contribution in [0.2, 0.25) is 0 Å². The molecule has 0 atom stereocenters. The molecule has 2 aromatic rings. The van der Waals surface area contributed by atoms with Gasteiger partial charge in [-0.2, -0.15) is 15.0 Å². The number of aromatic nitrogens is 4. The van der Waals surface area contributed by atoms with Crippen LogP contribution in [-0.4, -0.2) is 26.5 Å². The molecule has 6 nitrogen and oxygen atoms in total. The van der Waals surface area contributed by atoms with Gasteiger partial charge in [0.1, 0.15) is 5.82 Å². The van der Waals surface area contributed by atoms with Crippen LogP contribution in [0.15, 0.2) is 24.5 Å². The molecule has 0 aliphatic heterocycles.